The topological polar surface area (TPSA) is 0 Å². The van der Waals surface area contributed by atoms with Crippen molar-refractivity contribution in [3.63, 3.8) is 0 Å². The van der Waals surface area contributed by atoms with E-state index in [9.17, 15) is -0.211 Å². The molecule has 30 valence electrons. The molecule has 0 aromatic heterocycles. The summed E-state index contributed by atoms with van der Waals surface area (Å²) < 4.78 is 9.69. The van der Waals surface area contributed by atoms with E-state index in [0.717, 1.165) is 0 Å². The van der Waals surface area contributed by atoms with Crippen molar-refractivity contribution in [2.45, 2.75) is 6.92 Å². The molecule has 0 heterocycles. The van der Waals surface area contributed by atoms with E-state index in [0.29, 0.717) is 0 Å². The van der Waals surface area contributed by atoms with E-state index in [1.807, 2.05) is 14.8 Å². The van der Waals surface area contributed by atoms with Gasteiger partial charge in [0, 0.05) is 0 Å². The van der Waals surface area contributed by atoms with E-state index in [2.05, 4.69) is 6.58 Å². The second-order valence-electron chi connectivity index (χ2n) is 1.21. The first-order valence-electron chi connectivity index (χ1n) is 1.73. The minimum atomic E-state index is -0.438. The van der Waals surface area contributed by atoms with Gasteiger partial charge < -0.3 is 0 Å². The molecule has 0 rings (SSSR count). The van der Waals surface area contributed by atoms with Crippen LogP contribution in [0.25, 0.3) is 0 Å². The summed E-state index contributed by atoms with van der Waals surface area (Å²) in [6, 6.07) is 0. The van der Waals surface area contributed by atoms with Crippen molar-refractivity contribution in [2.24, 2.45) is 0 Å². The Morgan fingerprint density at radius 3 is 1.83 bits per heavy atom. The van der Waals surface area contributed by atoms with Gasteiger partial charge in [0.1, 0.15) is 7.85 Å². The second kappa shape index (κ2) is 9.62. The van der Waals surface area contributed by atoms with E-state index in [-0.39, 0.29) is 0 Å². The maximum absolute atomic E-state index is 9.69. The Hall–Kier alpha value is 1.37. The van der Waals surface area contributed by atoms with Gasteiger partial charge in [-0.2, -0.15) is 0 Å². The SMILES string of the molecule is BC(=C)C.[F][K]. The van der Waals surface area contributed by atoms with Crippen molar-refractivity contribution in [2.75, 3.05) is 0 Å². The standard InChI is InChI=1S/C3H7B.FH.K/c1-3(2)4;;/h1,4H2,2H3;1H;/q;;+1/p-1. The van der Waals surface area contributed by atoms with Gasteiger partial charge in [0.2, 0.25) is 0 Å². The van der Waals surface area contributed by atoms with E-state index in [1.54, 1.807) is 0 Å². The van der Waals surface area contributed by atoms with Crippen LogP contribution in [0, 0.1) is 0 Å². The van der Waals surface area contributed by atoms with Gasteiger partial charge in [-0.05, 0) is 0 Å². The molecule has 0 unspecified atom stereocenters. The Morgan fingerprint density at radius 1 is 1.83 bits per heavy atom. The molecule has 0 aliphatic rings. The van der Waals surface area contributed by atoms with Crippen molar-refractivity contribution < 1.29 is -0.211 Å². The molecule has 0 aromatic rings. The third-order valence-electron chi connectivity index (χ3n) is 0. The van der Waals surface area contributed by atoms with Gasteiger partial charge in [-0.15, -0.1) is 12.1 Å². The Labute approximate surface area is 75.2 Å². The predicted octanol–water partition coefficient (Wildman–Crippen LogP) is 0.192. The van der Waals surface area contributed by atoms with Gasteiger partial charge in [-0.25, -0.2) is 0 Å². The van der Waals surface area contributed by atoms with Crippen LogP contribution in [0.3, 0.4) is 0 Å². The molecule has 0 saturated heterocycles. The first-order chi connectivity index (χ1) is 2.73. The van der Waals surface area contributed by atoms with Gasteiger partial charge in [-0.3, -0.25) is 0 Å². The molecule has 0 aliphatic heterocycles. The number of allylic oxidation sites excluding steroid dienone is 1. The monoisotopic (exact) mass is 112 g/mol. The third-order valence-corrected chi connectivity index (χ3v) is 0. The van der Waals surface area contributed by atoms with Crippen molar-refractivity contribution in [1.29, 1.82) is 0 Å². The first kappa shape index (κ1) is 10.4. The number of rotatable bonds is 0. The van der Waals surface area contributed by atoms with Crippen molar-refractivity contribution >= 4 is 57.8 Å². The summed E-state index contributed by atoms with van der Waals surface area (Å²) in [6.07, 6.45) is 0. The van der Waals surface area contributed by atoms with E-state index < -0.39 is 49.9 Å². The van der Waals surface area contributed by atoms with Crippen molar-refractivity contribution in [1.82, 2.24) is 0 Å². The Morgan fingerprint density at radius 2 is 1.83 bits per heavy atom. The molecule has 0 saturated carbocycles. The van der Waals surface area contributed by atoms with Gasteiger partial charge >= 0.3 is 49.7 Å². The molecule has 0 atom stereocenters. The molecule has 0 fully saturated rings. The van der Waals surface area contributed by atoms with Crippen LogP contribution < -0.4 is 0 Å². The number of halogens is 1. The van der Waals surface area contributed by atoms with Crippen LogP contribution in [0.2, 0.25) is 0 Å². The van der Waals surface area contributed by atoms with E-state index >= 15 is 0 Å². The van der Waals surface area contributed by atoms with Gasteiger partial charge in [0.05, 0.1) is 0 Å². The Kier molecular flexibility index (Phi) is 16.6. The number of hydrogen-bond donors (Lipinski definition) is 0. The summed E-state index contributed by atoms with van der Waals surface area (Å²) in [5, 5.41) is 0. The zero-order valence-electron chi connectivity index (χ0n) is 4.59. The first-order valence-corrected chi connectivity index (χ1v) is 2.91. The summed E-state index contributed by atoms with van der Waals surface area (Å²) in [6.45, 7) is 5.53. The van der Waals surface area contributed by atoms with E-state index in [4.69, 9.17) is 0 Å². The molecule has 0 aliphatic carbocycles. The third kappa shape index (κ3) is 54.6. The summed E-state index contributed by atoms with van der Waals surface area (Å²) >= 11 is -0.438. The van der Waals surface area contributed by atoms with Crippen LogP contribution in [-0.2, 0) is 0 Å². The quantitative estimate of drug-likeness (QED) is 0.392. The van der Waals surface area contributed by atoms with Gasteiger partial charge in [-0.1, -0.05) is 6.92 Å². The molecular formula is C3H7BFK. The summed E-state index contributed by atoms with van der Waals surface area (Å²) in [7, 11) is 1.97. The van der Waals surface area contributed by atoms with Crippen LogP contribution in [-0.4, -0.2) is 57.8 Å². The normalized spacial score (nSPS) is 5.33. The maximum atomic E-state index is 9.69. The Bertz CT molecular complexity index is 33.8. The van der Waals surface area contributed by atoms with Crippen LogP contribution in [0.1, 0.15) is 6.92 Å². The summed E-state index contributed by atoms with van der Waals surface area (Å²) in [5.74, 6) is 0. The molecule has 0 N–H and O–H groups in total. The molecule has 3 heteroatoms. The second-order valence-corrected chi connectivity index (χ2v) is 1.21. The zero-order valence-corrected chi connectivity index (χ0v) is 7.71. The van der Waals surface area contributed by atoms with Crippen molar-refractivity contribution in [3.8, 4) is 0 Å². The summed E-state index contributed by atoms with van der Waals surface area (Å²) in [4.78, 5) is 0. The summed E-state index contributed by atoms with van der Waals surface area (Å²) in [5.41, 5.74) is 1.17. The predicted molar refractivity (Wildman–Crippen MR) is 30.2 cm³/mol. The average molecular weight is 112 g/mol. The molecular weight excluding hydrogens is 105 g/mol. The Balaban J connectivity index is 0. The molecule has 0 nitrogen and oxygen atoms in total. The van der Waals surface area contributed by atoms with E-state index in [1.165, 1.54) is 5.47 Å². The molecule has 0 aromatic carbocycles. The molecule has 0 amide bonds. The zero-order chi connectivity index (χ0) is 5.58. The van der Waals surface area contributed by atoms with Crippen LogP contribution >= 0.6 is 0 Å². The van der Waals surface area contributed by atoms with Gasteiger partial charge in [0.15, 0.2) is 0 Å². The minimum absolute atomic E-state index is 0.438. The average Bonchev–Trinajstić information content (AvgIpc) is 1.41. The molecule has 6 heavy (non-hydrogen) atoms. The van der Waals surface area contributed by atoms with Crippen LogP contribution in [0.4, 0.5) is -0.211 Å². The fourth-order valence-electron chi connectivity index (χ4n) is 0. The molecule has 0 radical (unpaired) electrons. The molecule has 0 bridgehead atoms. The number of hydrogen-bond acceptors (Lipinski definition) is 0. The van der Waals surface area contributed by atoms with Crippen LogP contribution in [0.5, 0.6) is 0 Å². The molecule has 0 spiro atoms. The van der Waals surface area contributed by atoms with Gasteiger partial charge in [0.25, 0.3) is 0 Å². The van der Waals surface area contributed by atoms with Crippen LogP contribution in [0.15, 0.2) is 12.1 Å². The fourth-order valence-corrected chi connectivity index (χ4v) is 0. The van der Waals surface area contributed by atoms with Crippen molar-refractivity contribution in [3.05, 3.63) is 12.1 Å². The fraction of sp³-hybridized carbons (Fsp3) is 0.333.